The lowest BCUT2D eigenvalue weighted by atomic mass is 10.1. The van der Waals surface area contributed by atoms with Crippen molar-refractivity contribution in [3.8, 4) is 0 Å². The van der Waals surface area contributed by atoms with Crippen molar-refractivity contribution in [3.05, 3.63) is 35.4 Å². The second-order valence-corrected chi connectivity index (χ2v) is 10.9. The van der Waals surface area contributed by atoms with E-state index in [2.05, 4.69) is 4.90 Å². The van der Waals surface area contributed by atoms with Gasteiger partial charge in [0.2, 0.25) is 10.0 Å². The smallest absolute Gasteiger partial charge is 0.261 e. The molecule has 0 aromatic heterocycles. The Morgan fingerprint density at radius 3 is 1.97 bits per heavy atom. The summed E-state index contributed by atoms with van der Waals surface area (Å²) in [6.45, 7) is 5.85. The van der Waals surface area contributed by atoms with Crippen LogP contribution in [0.4, 0.5) is 0 Å². The van der Waals surface area contributed by atoms with Crippen molar-refractivity contribution in [2.45, 2.75) is 44.9 Å². The van der Waals surface area contributed by atoms with Crippen molar-refractivity contribution in [2.75, 3.05) is 58.7 Å². The Morgan fingerprint density at radius 2 is 1.36 bits per heavy atom. The number of benzene rings is 1. The van der Waals surface area contributed by atoms with Crippen LogP contribution in [0.25, 0.3) is 0 Å². The molecule has 0 spiro atoms. The largest absolute Gasteiger partial charge is 0.379 e. The summed E-state index contributed by atoms with van der Waals surface area (Å²) in [5, 5.41) is 0. The predicted molar refractivity (Wildman–Crippen MR) is 128 cm³/mol. The molecule has 2 aliphatic rings. The highest BCUT2D eigenvalue weighted by Gasteiger charge is 2.34. The molecule has 0 radical (unpaired) electrons. The van der Waals surface area contributed by atoms with Crippen LogP contribution in [-0.2, 0) is 14.8 Å². The van der Waals surface area contributed by atoms with Gasteiger partial charge in [-0.2, -0.15) is 0 Å². The Hall–Kier alpha value is -1.81. The molecule has 1 fully saturated rings. The van der Waals surface area contributed by atoms with Gasteiger partial charge < -0.3 is 4.74 Å². The predicted octanol–water partition coefficient (Wildman–Crippen LogP) is 2.61. The molecule has 2 aliphatic heterocycles. The number of sulfonamides is 1. The minimum atomic E-state index is -3.19. The lowest BCUT2D eigenvalue weighted by Crippen LogP contribution is -2.39. The third-order valence-corrected chi connectivity index (χ3v) is 7.68. The quantitative estimate of drug-likeness (QED) is 0.301. The standard InChI is InChI=1S/C24H37N3O5S/c1-33(30,31)26(15-10-13-25-17-19-32-20-18-25)14-8-4-2-3-5-9-16-27-23(28)21-11-6-7-12-22(21)24(27)29/h6-7,11-12H,2-5,8-10,13-20H2,1H3. The van der Waals surface area contributed by atoms with Gasteiger partial charge in [-0.3, -0.25) is 19.4 Å². The first-order valence-corrected chi connectivity index (χ1v) is 13.9. The molecule has 3 rings (SSSR count). The molecule has 9 heteroatoms. The summed E-state index contributed by atoms with van der Waals surface area (Å²) >= 11 is 0. The Balaban J connectivity index is 1.26. The molecule has 0 N–H and O–H groups in total. The van der Waals surface area contributed by atoms with Crippen LogP contribution in [0.5, 0.6) is 0 Å². The summed E-state index contributed by atoms with van der Waals surface area (Å²) in [5.74, 6) is -0.379. The molecule has 8 nitrogen and oxygen atoms in total. The van der Waals surface area contributed by atoms with Gasteiger partial charge >= 0.3 is 0 Å². The van der Waals surface area contributed by atoms with Gasteiger partial charge in [-0.1, -0.05) is 37.8 Å². The maximum Gasteiger partial charge on any atom is 0.261 e. The van der Waals surface area contributed by atoms with Crippen molar-refractivity contribution in [3.63, 3.8) is 0 Å². The van der Waals surface area contributed by atoms with E-state index in [9.17, 15) is 18.0 Å². The van der Waals surface area contributed by atoms with Gasteiger partial charge in [0.05, 0.1) is 30.6 Å². The van der Waals surface area contributed by atoms with E-state index in [-0.39, 0.29) is 11.8 Å². The van der Waals surface area contributed by atoms with Gasteiger partial charge in [-0.25, -0.2) is 12.7 Å². The zero-order chi connectivity index (χ0) is 23.7. The van der Waals surface area contributed by atoms with Crippen LogP contribution in [0.15, 0.2) is 24.3 Å². The normalized spacial score (nSPS) is 17.2. The van der Waals surface area contributed by atoms with E-state index in [1.807, 2.05) is 0 Å². The lowest BCUT2D eigenvalue weighted by Gasteiger charge is -2.27. The summed E-state index contributed by atoms with van der Waals surface area (Å²) in [5.41, 5.74) is 1.01. The lowest BCUT2D eigenvalue weighted by molar-refractivity contribution is 0.0369. The Morgan fingerprint density at radius 1 is 0.818 bits per heavy atom. The molecule has 2 heterocycles. The van der Waals surface area contributed by atoms with Crippen LogP contribution >= 0.6 is 0 Å². The fourth-order valence-corrected chi connectivity index (χ4v) is 5.37. The van der Waals surface area contributed by atoms with Gasteiger partial charge in [-0.15, -0.1) is 0 Å². The fourth-order valence-electron chi connectivity index (χ4n) is 4.45. The van der Waals surface area contributed by atoms with Gasteiger partial charge in [0.25, 0.3) is 11.8 Å². The average molecular weight is 480 g/mol. The van der Waals surface area contributed by atoms with Crippen LogP contribution in [0.2, 0.25) is 0 Å². The summed E-state index contributed by atoms with van der Waals surface area (Å²) < 4.78 is 31.2. The summed E-state index contributed by atoms with van der Waals surface area (Å²) in [6.07, 6.45) is 7.73. The van der Waals surface area contributed by atoms with Gasteiger partial charge in [0.1, 0.15) is 0 Å². The van der Waals surface area contributed by atoms with Crippen molar-refractivity contribution in [1.82, 2.24) is 14.1 Å². The van der Waals surface area contributed by atoms with Crippen LogP contribution in [-0.4, -0.2) is 93.1 Å². The molecule has 1 aromatic carbocycles. The third kappa shape index (κ3) is 7.60. The molecule has 1 aromatic rings. The van der Waals surface area contributed by atoms with E-state index < -0.39 is 10.0 Å². The summed E-state index contributed by atoms with van der Waals surface area (Å²) in [4.78, 5) is 28.4. The number of fused-ring (bicyclic) bond motifs is 1. The minimum absolute atomic E-state index is 0.190. The number of morpholine rings is 1. The van der Waals surface area contributed by atoms with E-state index >= 15 is 0 Å². The van der Waals surface area contributed by atoms with Crippen LogP contribution < -0.4 is 0 Å². The fraction of sp³-hybridized carbons (Fsp3) is 0.667. The number of hydrogen-bond acceptors (Lipinski definition) is 6. The van der Waals surface area contributed by atoms with Crippen molar-refractivity contribution in [2.24, 2.45) is 0 Å². The highest BCUT2D eigenvalue weighted by atomic mass is 32.2. The molecule has 0 bridgehead atoms. The first-order valence-electron chi connectivity index (χ1n) is 12.1. The SMILES string of the molecule is CS(=O)(=O)N(CCCCCCCCN1C(=O)c2ccccc2C1=O)CCCN1CCOCC1. The molecule has 33 heavy (non-hydrogen) atoms. The zero-order valence-corrected chi connectivity index (χ0v) is 20.5. The van der Waals surface area contributed by atoms with Crippen LogP contribution in [0.1, 0.15) is 65.7 Å². The van der Waals surface area contributed by atoms with Crippen LogP contribution in [0.3, 0.4) is 0 Å². The topological polar surface area (TPSA) is 87.2 Å². The Kier molecular flexibility index (Phi) is 9.85. The number of imide groups is 1. The van der Waals surface area contributed by atoms with E-state index in [0.717, 1.165) is 77.8 Å². The van der Waals surface area contributed by atoms with E-state index in [1.54, 1.807) is 28.6 Å². The van der Waals surface area contributed by atoms with E-state index in [4.69, 9.17) is 4.74 Å². The number of unbranched alkanes of at least 4 members (excludes halogenated alkanes) is 5. The summed E-state index contributed by atoms with van der Waals surface area (Å²) in [7, 11) is -3.19. The monoisotopic (exact) mass is 479 g/mol. The molecule has 2 amide bonds. The molecule has 184 valence electrons. The number of amides is 2. The Bertz CT molecular complexity index is 864. The summed E-state index contributed by atoms with van der Waals surface area (Å²) in [6, 6.07) is 6.97. The number of ether oxygens (including phenoxy) is 1. The van der Waals surface area contributed by atoms with E-state index in [0.29, 0.717) is 30.8 Å². The molecule has 0 atom stereocenters. The number of nitrogens with zero attached hydrogens (tertiary/aromatic N) is 3. The minimum Gasteiger partial charge on any atom is -0.379 e. The van der Waals surface area contributed by atoms with Crippen molar-refractivity contribution in [1.29, 1.82) is 0 Å². The first kappa shape index (κ1) is 25.8. The highest BCUT2D eigenvalue weighted by Crippen LogP contribution is 2.23. The van der Waals surface area contributed by atoms with Crippen molar-refractivity contribution >= 4 is 21.8 Å². The molecule has 0 unspecified atom stereocenters. The highest BCUT2D eigenvalue weighted by molar-refractivity contribution is 7.88. The number of carbonyl (C=O) groups is 2. The average Bonchev–Trinajstić information content (AvgIpc) is 3.04. The zero-order valence-electron chi connectivity index (χ0n) is 19.7. The van der Waals surface area contributed by atoms with Gasteiger partial charge in [0.15, 0.2) is 0 Å². The van der Waals surface area contributed by atoms with Crippen molar-refractivity contribution < 1.29 is 22.7 Å². The molecular formula is C24H37N3O5S. The molecular weight excluding hydrogens is 442 g/mol. The second kappa shape index (κ2) is 12.6. The first-order chi connectivity index (χ1) is 15.9. The van der Waals surface area contributed by atoms with E-state index in [1.165, 1.54) is 11.2 Å². The number of carbonyl (C=O) groups excluding carboxylic acids is 2. The maximum absolute atomic E-state index is 12.4. The van der Waals surface area contributed by atoms with Crippen LogP contribution in [0, 0.1) is 0 Å². The van der Waals surface area contributed by atoms with Gasteiger partial charge in [-0.05, 0) is 37.9 Å². The molecule has 0 saturated carbocycles. The Labute approximate surface area is 197 Å². The second-order valence-electron chi connectivity index (χ2n) is 8.90. The third-order valence-electron chi connectivity index (χ3n) is 6.37. The van der Waals surface area contributed by atoms with Gasteiger partial charge in [0, 0.05) is 32.7 Å². The molecule has 0 aliphatic carbocycles. The number of rotatable bonds is 14. The number of hydrogen-bond donors (Lipinski definition) is 0. The maximum atomic E-state index is 12.4. The molecule has 1 saturated heterocycles.